The fourth-order valence-corrected chi connectivity index (χ4v) is 0.912. The number of nitrogens with two attached hydrogens (primary N) is 2. The summed E-state index contributed by atoms with van der Waals surface area (Å²) in [5.74, 6) is -2.02. The predicted octanol–water partition coefficient (Wildman–Crippen LogP) is -2.07. The Morgan fingerprint density at radius 1 is 1.43 bits per heavy atom. The summed E-state index contributed by atoms with van der Waals surface area (Å²) in [6.45, 7) is 0. The van der Waals surface area contributed by atoms with Crippen molar-refractivity contribution in [3.63, 3.8) is 0 Å². The van der Waals surface area contributed by atoms with Gasteiger partial charge in [-0.15, -0.1) is 0 Å². The van der Waals surface area contributed by atoms with Crippen molar-refractivity contribution in [2.45, 2.75) is 18.9 Å². The number of hydrogen-bond donors (Lipinski definition) is 3. The average Bonchev–Trinajstić information content (AvgIpc) is 1.96. The Morgan fingerprint density at radius 2 is 1.93 bits per heavy atom. The van der Waals surface area contributed by atoms with Crippen molar-refractivity contribution in [3.8, 4) is 0 Å². The fraction of sp³-hybridized carbons (Fsp3) is 0.600. The molecule has 0 saturated heterocycles. The van der Waals surface area contributed by atoms with E-state index in [1.807, 2.05) is 0 Å². The van der Waals surface area contributed by atoms with E-state index in [2.05, 4.69) is 4.18 Å². The van der Waals surface area contributed by atoms with Crippen molar-refractivity contribution in [3.05, 3.63) is 0 Å². The summed E-state index contributed by atoms with van der Waals surface area (Å²) in [6, 6.07) is -1.32. The Morgan fingerprint density at radius 3 is 2.29 bits per heavy atom. The molecule has 8 nitrogen and oxygen atoms in total. The molecule has 9 heteroatoms. The van der Waals surface area contributed by atoms with Crippen LogP contribution in [0.5, 0.6) is 0 Å². The van der Waals surface area contributed by atoms with Gasteiger partial charge in [0, 0.05) is 6.42 Å². The number of amides is 1. The zero-order valence-corrected chi connectivity index (χ0v) is 7.86. The Hall–Kier alpha value is -1.19. The van der Waals surface area contributed by atoms with Gasteiger partial charge in [0.15, 0.2) is 0 Å². The Balaban J connectivity index is 4.07. The summed E-state index contributed by atoms with van der Waals surface area (Å²) >= 11 is 0. The number of primary amides is 1. The molecule has 0 radical (unpaired) electrons. The lowest BCUT2D eigenvalue weighted by atomic mass is 10.2. The lowest BCUT2D eigenvalue weighted by Crippen LogP contribution is -2.34. The molecule has 0 unspecified atom stereocenters. The van der Waals surface area contributed by atoms with Crippen LogP contribution in [-0.4, -0.2) is 30.9 Å². The van der Waals surface area contributed by atoms with Crippen molar-refractivity contribution in [2.24, 2.45) is 11.5 Å². The van der Waals surface area contributed by atoms with Gasteiger partial charge >= 0.3 is 16.4 Å². The molecule has 0 bridgehead atoms. The molecule has 82 valence electrons. The molecule has 5 N–H and O–H groups in total. The largest absolute Gasteiger partial charge is 0.449 e. The van der Waals surface area contributed by atoms with E-state index in [-0.39, 0.29) is 12.8 Å². The summed E-state index contributed by atoms with van der Waals surface area (Å²) < 4.78 is 31.7. The molecule has 0 fully saturated rings. The molecule has 0 saturated carbocycles. The van der Waals surface area contributed by atoms with Crippen LogP contribution in [0.4, 0.5) is 0 Å². The smallest absolute Gasteiger partial charge is 0.370 e. The topological polar surface area (TPSA) is 150 Å². The van der Waals surface area contributed by atoms with Crippen molar-refractivity contribution in [1.29, 1.82) is 0 Å². The molecule has 0 aliphatic carbocycles. The Labute approximate surface area is 80.2 Å². The van der Waals surface area contributed by atoms with Gasteiger partial charge in [0.25, 0.3) is 0 Å². The molecule has 0 aliphatic rings. The molecule has 14 heavy (non-hydrogen) atoms. The number of rotatable bonds is 5. The van der Waals surface area contributed by atoms with E-state index in [9.17, 15) is 18.0 Å². The highest BCUT2D eigenvalue weighted by atomic mass is 32.3. The lowest BCUT2D eigenvalue weighted by molar-refractivity contribution is -0.136. The maximum atomic E-state index is 10.7. The molecule has 0 rings (SSSR count). The van der Waals surface area contributed by atoms with E-state index >= 15 is 0 Å². The van der Waals surface area contributed by atoms with Crippen molar-refractivity contribution < 1.29 is 26.7 Å². The Bertz CT molecular complexity index is 323. The van der Waals surface area contributed by atoms with Crippen LogP contribution in [0.15, 0.2) is 0 Å². The summed E-state index contributed by atoms with van der Waals surface area (Å²) in [4.78, 5) is 21.0. The number of carbonyl (C=O) groups is 2. The van der Waals surface area contributed by atoms with Crippen molar-refractivity contribution in [1.82, 2.24) is 0 Å². The van der Waals surface area contributed by atoms with E-state index in [0.717, 1.165) is 0 Å². The third-order valence-corrected chi connectivity index (χ3v) is 1.57. The standard InChI is InChI=1S/C5H10N2O6S/c6-3(1-2-4(7)8)5(9)13-14(10,11)12/h3H,1-2,6H2,(H2,7,8)(H,10,11,12)/t3-/m0/s1. The van der Waals surface area contributed by atoms with Gasteiger partial charge in [-0.2, -0.15) is 8.42 Å². The maximum absolute atomic E-state index is 10.7. The van der Waals surface area contributed by atoms with Crippen molar-refractivity contribution in [2.75, 3.05) is 0 Å². The molecule has 0 heterocycles. The fourth-order valence-electron chi connectivity index (χ4n) is 0.581. The first kappa shape index (κ1) is 12.8. The van der Waals surface area contributed by atoms with Crippen LogP contribution >= 0.6 is 0 Å². The summed E-state index contributed by atoms with van der Waals surface area (Å²) in [5.41, 5.74) is 9.87. The SMILES string of the molecule is NC(=O)CC[C@H](N)C(=O)OS(=O)(=O)O. The van der Waals surface area contributed by atoms with Crippen LogP contribution in [0, 0.1) is 0 Å². The van der Waals surface area contributed by atoms with E-state index in [0.29, 0.717) is 0 Å². The molecule has 0 aromatic heterocycles. The quantitative estimate of drug-likeness (QED) is 0.455. The first-order valence-electron chi connectivity index (χ1n) is 3.47. The maximum Gasteiger partial charge on any atom is 0.449 e. The third-order valence-electron chi connectivity index (χ3n) is 1.19. The van der Waals surface area contributed by atoms with Crippen molar-refractivity contribution >= 4 is 22.3 Å². The molecule has 0 aliphatic heterocycles. The number of hydrogen-bond acceptors (Lipinski definition) is 6. The molecular weight excluding hydrogens is 216 g/mol. The minimum Gasteiger partial charge on any atom is -0.370 e. The summed E-state index contributed by atoms with van der Waals surface area (Å²) in [7, 11) is -4.85. The molecule has 0 aromatic rings. The Kier molecular flexibility index (Phi) is 4.47. The highest BCUT2D eigenvalue weighted by molar-refractivity contribution is 7.81. The third kappa shape index (κ3) is 6.34. The average molecular weight is 226 g/mol. The zero-order valence-electron chi connectivity index (χ0n) is 7.04. The second-order valence-electron chi connectivity index (χ2n) is 2.44. The van der Waals surface area contributed by atoms with Crippen LogP contribution in [0.25, 0.3) is 0 Å². The van der Waals surface area contributed by atoms with Crippen LogP contribution in [0.2, 0.25) is 0 Å². The highest BCUT2D eigenvalue weighted by Gasteiger charge is 2.21. The van der Waals surface area contributed by atoms with Gasteiger partial charge in [-0.25, -0.2) is 4.79 Å². The molecule has 0 aromatic carbocycles. The van der Waals surface area contributed by atoms with Gasteiger partial charge in [0.1, 0.15) is 6.04 Å². The first-order chi connectivity index (χ1) is 6.22. The van der Waals surface area contributed by atoms with Crippen LogP contribution in [-0.2, 0) is 24.2 Å². The van der Waals surface area contributed by atoms with E-state index < -0.39 is 28.3 Å². The van der Waals surface area contributed by atoms with E-state index in [1.54, 1.807) is 0 Å². The van der Waals surface area contributed by atoms with Gasteiger partial charge in [-0.05, 0) is 6.42 Å². The van der Waals surface area contributed by atoms with Crippen LogP contribution in [0.3, 0.4) is 0 Å². The van der Waals surface area contributed by atoms with Gasteiger partial charge < -0.3 is 15.7 Å². The second-order valence-corrected chi connectivity index (χ2v) is 3.46. The highest BCUT2D eigenvalue weighted by Crippen LogP contribution is 1.98. The van der Waals surface area contributed by atoms with Gasteiger partial charge in [-0.1, -0.05) is 0 Å². The summed E-state index contributed by atoms with van der Waals surface area (Å²) in [6.07, 6.45) is -0.328. The monoisotopic (exact) mass is 226 g/mol. The first-order valence-corrected chi connectivity index (χ1v) is 4.83. The molecular formula is C5H10N2O6S. The lowest BCUT2D eigenvalue weighted by Gasteiger charge is -2.07. The van der Waals surface area contributed by atoms with E-state index in [4.69, 9.17) is 16.0 Å². The van der Waals surface area contributed by atoms with Crippen LogP contribution < -0.4 is 11.5 Å². The summed E-state index contributed by atoms with van der Waals surface area (Å²) in [5, 5.41) is 0. The minimum atomic E-state index is -4.85. The predicted molar refractivity (Wildman–Crippen MR) is 44.0 cm³/mol. The molecule has 1 amide bonds. The zero-order chi connectivity index (χ0) is 11.4. The van der Waals surface area contributed by atoms with Gasteiger partial charge in [0.05, 0.1) is 0 Å². The minimum absolute atomic E-state index is 0.149. The van der Waals surface area contributed by atoms with Gasteiger partial charge in [0.2, 0.25) is 5.91 Å². The van der Waals surface area contributed by atoms with Gasteiger partial charge in [-0.3, -0.25) is 9.35 Å². The molecule has 1 atom stereocenters. The number of carbonyl (C=O) groups excluding carboxylic acids is 2. The molecule has 0 spiro atoms. The van der Waals surface area contributed by atoms with E-state index in [1.165, 1.54) is 0 Å². The second kappa shape index (κ2) is 4.88. The van der Waals surface area contributed by atoms with Crippen LogP contribution in [0.1, 0.15) is 12.8 Å². The normalized spacial score (nSPS) is 13.3.